The van der Waals surface area contributed by atoms with Crippen LogP contribution in [0.4, 0.5) is 5.82 Å². The number of hydrogen-bond acceptors (Lipinski definition) is 12. The molecule has 16 heteroatoms. The number of amides is 4. The van der Waals surface area contributed by atoms with Crippen molar-refractivity contribution < 1.29 is 33.8 Å². The van der Waals surface area contributed by atoms with Gasteiger partial charge in [0, 0.05) is 43.2 Å². The van der Waals surface area contributed by atoms with Gasteiger partial charge in [0.15, 0.2) is 6.23 Å². The minimum Gasteiger partial charge on any atom is -0.490 e. The Bertz CT molecular complexity index is 2060. The molecular weight excluding hydrogens is 752 g/mol. The minimum absolute atomic E-state index is 0.00914. The Hall–Kier alpha value is -5.30. The number of nitrogens with zero attached hydrogens (tertiary/aromatic N) is 5. The van der Waals surface area contributed by atoms with Crippen LogP contribution in [0, 0.1) is 17.2 Å². The van der Waals surface area contributed by atoms with E-state index in [1.807, 2.05) is 6.07 Å². The van der Waals surface area contributed by atoms with Gasteiger partial charge in [0.05, 0.1) is 34.6 Å². The van der Waals surface area contributed by atoms with E-state index in [1.165, 1.54) is 0 Å². The lowest BCUT2D eigenvalue weighted by Gasteiger charge is -2.38. The zero-order valence-corrected chi connectivity index (χ0v) is 32.1. The van der Waals surface area contributed by atoms with Crippen LogP contribution in [0.3, 0.4) is 0 Å². The summed E-state index contributed by atoms with van der Waals surface area (Å²) in [6.45, 7) is 2.63. The van der Waals surface area contributed by atoms with Crippen molar-refractivity contribution in [2.45, 2.75) is 101 Å². The van der Waals surface area contributed by atoms with Crippen LogP contribution in [0.1, 0.15) is 102 Å². The van der Waals surface area contributed by atoms with Gasteiger partial charge in [0.1, 0.15) is 41.2 Å². The van der Waals surface area contributed by atoms with Crippen LogP contribution in [0.5, 0.6) is 11.5 Å². The number of anilines is 1. The number of imide groups is 1. The molecule has 2 atom stereocenters. The fourth-order valence-electron chi connectivity index (χ4n) is 8.44. The van der Waals surface area contributed by atoms with Crippen LogP contribution in [-0.2, 0) is 9.59 Å². The van der Waals surface area contributed by atoms with Crippen molar-refractivity contribution in [3.05, 3.63) is 76.2 Å². The number of ether oxygens (including phenoxy) is 2. The molecule has 8 rings (SSSR count). The zero-order valence-electron chi connectivity index (χ0n) is 31.4. The van der Waals surface area contributed by atoms with E-state index in [9.17, 15) is 24.3 Å². The van der Waals surface area contributed by atoms with Crippen molar-refractivity contribution in [3.8, 4) is 17.6 Å². The summed E-state index contributed by atoms with van der Waals surface area (Å²) < 4.78 is 12.2. The SMILES string of the molecule is N#Cc1ccc(O[C@H]2CC[C@H](NC(=O)c3cnc(N4CCC(CN[C@H]5C[C@H](Oc6ccc7c(c6)C(=O)N(C6CCC(=O)NC6=O)C7O)C5)CC4)cn3)CC2)cc1Cl. The molecule has 2 unspecified atom stereocenters. The number of hydrogen-bond donors (Lipinski definition) is 4. The highest BCUT2D eigenvalue weighted by molar-refractivity contribution is 6.31. The van der Waals surface area contributed by atoms with Crippen molar-refractivity contribution >= 4 is 41.0 Å². The summed E-state index contributed by atoms with van der Waals surface area (Å²) in [5.74, 6) is 0.850. The summed E-state index contributed by atoms with van der Waals surface area (Å²) >= 11 is 6.14. The topological polar surface area (TPSA) is 199 Å². The molecule has 3 aliphatic heterocycles. The normalized spacial score (nSPS) is 26.2. The Morgan fingerprint density at radius 1 is 0.930 bits per heavy atom. The predicted octanol–water partition coefficient (Wildman–Crippen LogP) is 3.79. The molecule has 5 aliphatic rings. The molecule has 4 N–H and O–H groups in total. The quantitative estimate of drug-likeness (QED) is 0.205. The first-order valence-electron chi connectivity index (χ1n) is 19.7. The van der Waals surface area contributed by atoms with Gasteiger partial charge in [0.25, 0.3) is 11.8 Å². The molecule has 0 radical (unpaired) electrons. The number of piperidine rings is 2. The van der Waals surface area contributed by atoms with Crippen molar-refractivity contribution in [3.63, 3.8) is 0 Å². The van der Waals surface area contributed by atoms with Gasteiger partial charge >= 0.3 is 0 Å². The van der Waals surface area contributed by atoms with Crippen molar-refractivity contribution in [2.24, 2.45) is 5.92 Å². The lowest BCUT2D eigenvalue weighted by atomic mass is 9.88. The van der Waals surface area contributed by atoms with E-state index in [4.69, 9.17) is 26.3 Å². The minimum atomic E-state index is -1.25. The third kappa shape index (κ3) is 8.53. The lowest BCUT2D eigenvalue weighted by Crippen LogP contribution is -2.53. The van der Waals surface area contributed by atoms with Crippen LogP contribution in [0.2, 0.25) is 5.02 Å². The Morgan fingerprint density at radius 2 is 1.67 bits per heavy atom. The lowest BCUT2D eigenvalue weighted by molar-refractivity contribution is -0.139. The molecule has 57 heavy (non-hydrogen) atoms. The Balaban J connectivity index is 0.720. The molecule has 2 aliphatic carbocycles. The summed E-state index contributed by atoms with van der Waals surface area (Å²) in [5.41, 5.74) is 1.45. The summed E-state index contributed by atoms with van der Waals surface area (Å²) in [6.07, 6.45) is 9.16. The van der Waals surface area contributed by atoms with Gasteiger partial charge in [-0.2, -0.15) is 5.26 Å². The highest BCUT2D eigenvalue weighted by Gasteiger charge is 2.44. The molecular formula is C41H45ClN8O7. The summed E-state index contributed by atoms with van der Waals surface area (Å²) in [4.78, 5) is 62.5. The molecule has 1 aromatic heterocycles. The molecule has 0 bridgehead atoms. The second kappa shape index (κ2) is 16.7. The maximum absolute atomic E-state index is 13.2. The first kappa shape index (κ1) is 38.6. The highest BCUT2D eigenvalue weighted by Crippen LogP contribution is 2.38. The number of aromatic nitrogens is 2. The number of nitrogens with one attached hydrogen (secondary N) is 3. The number of halogens is 1. The average molecular weight is 797 g/mol. The highest BCUT2D eigenvalue weighted by atomic mass is 35.5. The van der Waals surface area contributed by atoms with Crippen LogP contribution < -0.4 is 30.3 Å². The number of fused-ring (bicyclic) bond motifs is 1. The van der Waals surface area contributed by atoms with Gasteiger partial charge in [-0.05, 0) is 94.5 Å². The predicted molar refractivity (Wildman–Crippen MR) is 206 cm³/mol. The molecule has 0 spiro atoms. The van der Waals surface area contributed by atoms with E-state index < -0.39 is 24.1 Å². The summed E-state index contributed by atoms with van der Waals surface area (Å²) in [7, 11) is 0. The second-order valence-electron chi connectivity index (χ2n) is 15.6. The molecule has 2 aromatic carbocycles. The van der Waals surface area contributed by atoms with Gasteiger partial charge in [0.2, 0.25) is 11.8 Å². The Labute approximate surface area is 335 Å². The molecule has 4 amide bonds. The van der Waals surface area contributed by atoms with Crippen LogP contribution in [-0.4, -0.2) is 93.6 Å². The van der Waals surface area contributed by atoms with Gasteiger partial charge < -0.3 is 30.1 Å². The zero-order chi connectivity index (χ0) is 39.6. The smallest absolute Gasteiger partial charge is 0.271 e. The standard InChI is InChI=1S/C41H45ClN8O7/c42-33-18-29(4-1-24(33)19-43)56-27-5-2-25(3-6-27)47-38(52)34-21-46-36(22-45-34)49-13-11-23(12-14-49)20-44-26-15-30(16-26)57-28-7-8-31-32(17-28)41(55)50(40(31)54)35-9-10-37(51)48-39(35)53/h1,4,7-8,17-18,21-23,25-27,30,35,40,44,54H,2-3,5-6,9-16,20H2,(H,47,52)(H,48,51,53)/t25-,26-,27-,30-,35?,40?. The maximum Gasteiger partial charge on any atom is 0.271 e. The van der Waals surface area contributed by atoms with Crippen molar-refractivity contribution in [1.29, 1.82) is 5.26 Å². The van der Waals surface area contributed by atoms with Gasteiger partial charge in [-0.25, -0.2) is 9.97 Å². The van der Waals surface area contributed by atoms with E-state index in [-0.39, 0.29) is 42.9 Å². The molecule has 2 saturated carbocycles. The summed E-state index contributed by atoms with van der Waals surface area (Å²) in [6, 6.07) is 11.6. The third-order valence-electron chi connectivity index (χ3n) is 11.9. The number of aliphatic hydroxyl groups is 1. The average Bonchev–Trinajstić information content (AvgIpc) is 3.44. The fraction of sp³-hybridized carbons (Fsp3) is 0.488. The van der Waals surface area contributed by atoms with Crippen LogP contribution >= 0.6 is 11.6 Å². The number of aliphatic hydroxyl groups excluding tert-OH is 1. The van der Waals surface area contributed by atoms with Crippen LogP contribution in [0.25, 0.3) is 0 Å². The third-order valence-corrected chi connectivity index (χ3v) is 12.2. The second-order valence-corrected chi connectivity index (χ2v) is 16.0. The molecule has 2 saturated heterocycles. The monoisotopic (exact) mass is 796 g/mol. The number of carbonyl (C=O) groups is 4. The van der Waals surface area contributed by atoms with Gasteiger partial charge in [-0.1, -0.05) is 17.7 Å². The molecule has 4 fully saturated rings. The van der Waals surface area contributed by atoms with E-state index in [0.29, 0.717) is 50.9 Å². The van der Waals surface area contributed by atoms with Crippen LogP contribution in [0.15, 0.2) is 48.8 Å². The molecule has 3 aromatic rings. The maximum atomic E-state index is 13.2. The number of rotatable bonds is 11. The van der Waals surface area contributed by atoms with E-state index in [2.05, 4.69) is 30.8 Å². The van der Waals surface area contributed by atoms with E-state index in [1.54, 1.807) is 48.8 Å². The largest absolute Gasteiger partial charge is 0.490 e. The van der Waals surface area contributed by atoms with Gasteiger partial charge in [-0.3, -0.25) is 29.4 Å². The van der Waals surface area contributed by atoms with Crippen molar-refractivity contribution in [2.75, 3.05) is 24.5 Å². The Kier molecular flexibility index (Phi) is 11.3. The first-order chi connectivity index (χ1) is 27.6. The number of carbonyl (C=O) groups excluding carboxylic acids is 4. The number of nitriles is 1. The number of benzene rings is 2. The molecule has 4 heterocycles. The Morgan fingerprint density at radius 3 is 2.37 bits per heavy atom. The van der Waals surface area contributed by atoms with Gasteiger partial charge in [-0.15, -0.1) is 0 Å². The fourth-order valence-corrected chi connectivity index (χ4v) is 8.65. The molecule has 298 valence electrons. The van der Waals surface area contributed by atoms with E-state index >= 15 is 0 Å². The summed E-state index contributed by atoms with van der Waals surface area (Å²) in [5, 5.41) is 29.3. The molecule has 15 nitrogen and oxygen atoms in total. The van der Waals surface area contributed by atoms with E-state index in [0.717, 1.165) is 81.7 Å². The van der Waals surface area contributed by atoms with Crippen molar-refractivity contribution in [1.82, 2.24) is 30.8 Å². The first-order valence-corrected chi connectivity index (χ1v) is 20.1.